The standard InChI is InChI=1S/C15H18F3N3O4.ClH/c1-24-8-11(19)13(22)20-12-5-6-21(14(12)23)9-3-2-4-10(7-9)25-15(16,17)18;/h2-4,7,11-12H,5-6,8,19H2,1H3,(H,20,22);1H. The van der Waals surface area contributed by atoms with Crippen LogP contribution in [0, 0.1) is 0 Å². The van der Waals surface area contributed by atoms with Gasteiger partial charge < -0.3 is 25.4 Å². The van der Waals surface area contributed by atoms with E-state index in [0.29, 0.717) is 6.42 Å². The number of nitrogens with zero attached hydrogens (tertiary/aromatic N) is 1. The molecule has 0 bridgehead atoms. The first-order chi connectivity index (χ1) is 11.7. The monoisotopic (exact) mass is 397 g/mol. The molecular formula is C15H19ClF3N3O4. The number of hydrogen-bond acceptors (Lipinski definition) is 5. The largest absolute Gasteiger partial charge is 0.573 e. The zero-order chi connectivity index (χ0) is 18.6. The van der Waals surface area contributed by atoms with Crippen LogP contribution >= 0.6 is 12.4 Å². The number of ether oxygens (including phenoxy) is 2. The van der Waals surface area contributed by atoms with E-state index in [1.54, 1.807) is 0 Å². The predicted octanol–water partition coefficient (Wildman–Crippen LogP) is 1.20. The number of benzene rings is 1. The zero-order valence-electron chi connectivity index (χ0n) is 13.8. The maximum Gasteiger partial charge on any atom is 0.573 e. The molecule has 0 aromatic heterocycles. The molecule has 1 aliphatic heterocycles. The van der Waals surface area contributed by atoms with E-state index >= 15 is 0 Å². The molecular weight excluding hydrogens is 379 g/mol. The molecule has 1 fully saturated rings. The third-order valence-electron chi connectivity index (χ3n) is 3.57. The van der Waals surface area contributed by atoms with Crippen molar-refractivity contribution in [2.75, 3.05) is 25.2 Å². The van der Waals surface area contributed by atoms with E-state index in [0.717, 1.165) is 12.1 Å². The first-order valence-electron chi connectivity index (χ1n) is 7.43. The van der Waals surface area contributed by atoms with Crippen molar-refractivity contribution in [3.05, 3.63) is 24.3 Å². The minimum Gasteiger partial charge on any atom is -0.406 e. The molecule has 26 heavy (non-hydrogen) atoms. The highest BCUT2D eigenvalue weighted by Gasteiger charge is 2.35. The highest BCUT2D eigenvalue weighted by molar-refractivity contribution is 6.01. The van der Waals surface area contributed by atoms with Crippen LogP contribution in [0.3, 0.4) is 0 Å². The van der Waals surface area contributed by atoms with Crippen LogP contribution in [-0.4, -0.2) is 50.5 Å². The number of carbonyl (C=O) groups excluding carboxylic acids is 2. The Morgan fingerprint density at radius 3 is 2.77 bits per heavy atom. The van der Waals surface area contributed by atoms with Crippen molar-refractivity contribution in [3.63, 3.8) is 0 Å². The molecule has 146 valence electrons. The van der Waals surface area contributed by atoms with E-state index in [-0.39, 0.29) is 31.2 Å². The number of anilines is 1. The van der Waals surface area contributed by atoms with Crippen molar-refractivity contribution in [1.29, 1.82) is 0 Å². The molecule has 0 spiro atoms. The van der Waals surface area contributed by atoms with Gasteiger partial charge in [-0.15, -0.1) is 25.6 Å². The van der Waals surface area contributed by atoms with Crippen LogP contribution in [0.15, 0.2) is 24.3 Å². The second kappa shape index (κ2) is 9.06. The average Bonchev–Trinajstić information content (AvgIpc) is 2.87. The van der Waals surface area contributed by atoms with Crippen molar-refractivity contribution in [1.82, 2.24) is 5.32 Å². The van der Waals surface area contributed by atoms with Crippen molar-refractivity contribution in [3.8, 4) is 5.75 Å². The van der Waals surface area contributed by atoms with E-state index in [9.17, 15) is 22.8 Å². The molecule has 1 aliphatic rings. The van der Waals surface area contributed by atoms with Crippen LogP contribution in [0.2, 0.25) is 0 Å². The van der Waals surface area contributed by atoms with Gasteiger partial charge in [0.15, 0.2) is 0 Å². The molecule has 1 saturated heterocycles. The van der Waals surface area contributed by atoms with Crippen molar-refractivity contribution >= 4 is 29.9 Å². The molecule has 0 radical (unpaired) electrons. The van der Waals surface area contributed by atoms with Gasteiger partial charge in [0.05, 0.1) is 6.61 Å². The lowest BCUT2D eigenvalue weighted by molar-refractivity contribution is -0.274. The Morgan fingerprint density at radius 2 is 2.15 bits per heavy atom. The van der Waals surface area contributed by atoms with Gasteiger partial charge in [0, 0.05) is 25.4 Å². The predicted molar refractivity (Wildman–Crippen MR) is 89.1 cm³/mol. The van der Waals surface area contributed by atoms with Gasteiger partial charge in [0.2, 0.25) is 11.8 Å². The van der Waals surface area contributed by atoms with Gasteiger partial charge in [-0.2, -0.15) is 0 Å². The fraction of sp³-hybridized carbons (Fsp3) is 0.467. The Labute approximate surface area is 154 Å². The van der Waals surface area contributed by atoms with Gasteiger partial charge in [-0.1, -0.05) is 6.07 Å². The Hall–Kier alpha value is -2.04. The first-order valence-corrected chi connectivity index (χ1v) is 7.43. The number of nitrogens with two attached hydrogens (primary N) is 1. The van der Waals surface area contributed by atoms with Gasteiger partial charge in [-0.05, 0) is 18.6 Å². The van der Waals surface area contributed by atoms with E-state index in [4.69, 9.17) is 10.5 Å². The number of halogens is 4. The summed E-state index contributed by atoms with van der Waals surface area (Å²) in [5.74, 6) is -1.38. The van der Waals surface area contributed by atoms with Crippen LogP contribution in [0.4, 0.5) is 18.9 Å². The van der Waals surface area contributed by atoms with Gasteiger partial charge in [0.1, 0.15) is 17.8 Å². The number of carbonyl (C=O) groups is 2. The molecule has 2 atom stereocenters. The van der Waals surface area contributed by atoms with Crippen molar-refractivity contribution in [2.24, 2.45) is 5.73 Å². The van der Waals surface area contributed by atoms with Gasteiger partial charge >= 0.3 is 6.36 Å². The Morgan fingerprint density at radius 1 is 1.46 bits per heavy atom. The molecule has 11 heteroatoms. The number of nitrogens with one attached hydrogen (secondary N) is 1. The highest BCUT2D eigenvalue weighted by atomic mass is 35.5. The Kier molecular flexibility index (Phi) is 7.67. The van der Waals surface area contributed by atoms with Gasteiger partial charge in [-0.3, -0.25) is 9.59 Å². The smallest absolute Gasteiger partial charge is 0.406 e. The van der Waals surface area contributed by atoms with E-state index in [1.807, 2.05) is 0 Å². The van der Waals surface area contributed by atoms with E-state index in [2.05, 4.69) is 10.1 Å². The summed E-state index contributed by atoms with van der Waals surface area (Å²) >= 11 is 0. The topological polar surface area (TPSA) is 93.9 Å². The number of alkyl halides is 3. The van der Waals surface area contributed by atoms with Crippen LogP contribution in [0.1, 0.15) is 6.42 Å². The molecule has 1 heterocycles. The molecule has 2 rings (SSSR count). The molecule has 0 aliphatic carbocycles. The Balaban J connectivity index is 0.00000338. The maximum atomic E-state index is 12.4. The van der Waals surface area contributed by atoms with E-state index < -0.39 is 36.0 Å². The summed E-state index contributed by atoms with van der Waals surface area (Å²) in [6, 6.07) is 3.40. The lowest BCUT2D eigenvalue weighted by Gasteiger charge is -2.19. The highest BCUT2D eigenvalue weighted by Crippen LogP contribution is 2.29. The maximum absolute atomic E-state index is 12.4. The molecule has 2 amide bonds. The molecule has 1 aromatic rings. The summed E-state index contributed by atoms with van der Waals surface area (Å²) in [5.41, 5.74) is 5.85. The van der Waals surface area contributed by atoms with E-state index in [1.165, 1.54) is 24.1 Å². The molecule has 7 nitrogen and oxygen atoms in total. The van der Waals surface area contributed by atoms with Crippen LogP contribution in [0.25, 0.3) is 0 Å². The summed E-state index contributed by atoms with van der Waals surface area (Å²) in [5, 5.41) is 2.52. The minimum atomic E-state index is -4.82. The summed E-state index contributed by atoms with van der Waals surface area (Å²) in [6.07, 6.45) is -4.50. The molecule has 2 unspecified atom stereocenters. The second-order valence-corrected chi connectivity index (χ2v) is 5.45. The summed E-state index contributed by atoms with van der Waals surface area (Å²) < 4.78 is 45.5. The van der Waals surface area contributed by atoms with Crippen LogP contribution in [0.5, 0.6) is 5.75 Å². The third-order valence-corrected chi connectivity index (χ3v) is 3.57. The zero-order valence-corrected chi connectivity index (χ0v) is 14.6. The van der Waals surface area contributed by atoms with Crippen molar-refractivity contribution < 1.29 is 32.2 Å². The van der Waals surface area contributed by atoms with Crippen molar-refractivity contribution in [2.45, 2.75) is 24.9 Å². The average molecular weight is 398 g/mol. The van der Waals surface area contributed by atoms with Gasteiger partial charge in [-0.25, -0.2) is 0 Å². The number of methoxy groups -OCH3 is 1. The fourth-order valence-electron chi connectivity index (χ4n) is 2.45. The number of rotatable bonds is 6. The minimum absolute atomic E-state index is 0. The normalized spacial score (nSPS) is 18.3. The summed E-state index contributed by atoms with van der Waals surface area (Å²) in [4.78, 5) is 25.5. The summed E-state index contributed by atoms with van der Waals surface area (Å²) in [6.45, 7) is 0.256. The van der Waals surface area contributed by atoms with Gasteiger partial charge in [0.25, 0.3) is 0 Å². The molecule has 3 N–H and O–H groups in total. The van der Waals surface area contributed by atoms with Crippen LogP contribution in [-0.2, 0) is 14.3 Å². The third kappa shape index (κ3) is 5.75. The second-order valence-electron chi connectivity index (χ2n) is 5.45. The fourth-order valence-corrected chi connectivity index (χ4v) is 2.45. The SMILES string of the molecule is COCC(N)C(=O)NC1CCN(c2cccc(OC(F)(F)F)c2)C1=O.Cl. The van der Waals surface area contributed by atoms with Crippen LogP contribution < -0.4 is 20.7 Å². The quantitative estimate of drug-likeness (QED) is 0.752. The molecule has 1 aromatic carbocycles. The molecule has 0 saturated carbocycles. The number of hydrogen-bond donors (Lipinski definition) is 2. The first kappa shape index (κ1) is 22.0. The lowest BCUT2D eigenvalue weighted by Crippen LogP contribution is -2.49. The Bertz CT molecular complexity index is 645. The number of amides is 2. The summed E-state index contributed by atoms with van der Waals surface area (Å²) in [7, 11) is 1.39. The lowest BCUT2D eigenvalue weighted by atomic mass is 10.2.